The predicted molar refractivity (Wildman–Crippen MR) is 115 cm³/mol. The van der Waals surface area contributed by atoms with Crippen molar-refractivity contribution in [1.29, 1.82) is 0 Å². The largest absolute Gasteiger partial charge is 0.478 e. The van der Waals surface area contributed by atoms with Crippen LogP contribution in [0, 0.1) is 5.92 Å². The van der Waals surface area contributed by atoms with Gasteiger partial charge in [0.25, 0.3) is 0 Å². The second-order valence-corrected chi connectivity index (χ2v) is 8.49. The Morgan fingerprint density at radius 1 is 1.17 bits per heavy atom. The maximum absolute atomic E-state index is 13.3. The van der Waals surface area contributed by atoms with Crippen molar-refractivity contribution in [3.05, 3.63) is 11.6 Å². The van der Waals surface area contributed by atoms with Crippen LogP contribution in [-0.2, 0) is 14.4 Å². The van der Waals surface area contributed by atoms with E-state index in [1.165, 1.54) is 17.9 Å². The van der Waals surface area contributed by atoms with E-state index in [9.17, 15) is 14.4 Å². The summed E-state index contributed by atoms with van der Waals surface area (Å²) in [6.07, 6.45) is 6.74. The van der Waals surface area contributed by atoms with Crippen molar-refractivity contribution in [2.24, 2.45) is 5.92 Å². The Balaban J connectivity index is 3.03. The lowest BCUT2D eigenvalue weighted by atomic mass is 9.88. The molecule has 2 amide bonds. The van der Waals surface area contributed by atoms with E-state index in [2.05, 4.69) is 10.6 Å². The molecule has 0 heterocycles. The van der Waals surface area contributed by atoms with Gasteiger partial charge >= 0.3 is 5.97 Å². The van der Waals surface area contributed by atoms with Gasteiger partial charge in [-0.05, 0) is 52.4 Å². The van der Waals surface area contributed by atoms with Crippen molar-refractivity contribution in [2.45, 2.75) is 90.8 Å². The number of rotatable bonds is 11. The minimum Gasteiger partial charge on any atom is -0.478 e. The van der Waals surface area contributed by atoms with E-state index in [4.69, 9.17) is 5.11 Å². The number of nitrogens with one attached hydrogen (secondary N) is 2. The lowest BCUT2D eigenvalue weighted by Gasteiger charge is -2.36. The van der Waals surface area contributed by atoms with Crippen LogP contribution in [0.3, 0.4) is 0 Å². The molecule has 0 aromatic rings. The zero-order valence-electron chi connectivity index (χ0n) is 18.9. The Kier molecular flexibility index (Phi) is 9.83. The van der Waals surface area contributed by atoms with Crippen molar-refractivity contribution in [3.63, 3.8) is 0 Å². The standard InChI is InChI=1S/C22H39N3O4/c1-7-22(8-2,24-15(3)4)21(29)23-18(17-11-9-10-12-17)19(26)25(6)14-13-16(5)20(27)28/h13,15,17-18,24H,7-12,14H2,1-6H3,(H,23,29)(H,27,28)/b16-13+. The number of likely N-dealkylation sites (N-methyl/N-ethyl adjacent to an activating group) is 1. The van der Waals surface area contributed by atoms with Crippen LogP contribution in [0.15, 0.2) is 11.6 Å². The normalized spacial score (nSPS) is 16.7. The van der Waals surface area contributed by atoms with Crippen molar-refractivity contribution < 1.29 is 19.5 Å². The van der Waals surface area contributed by atoms with Crippen LogP contribution in [0.4, 0.5) is 0 Å². The number of carboxylic acid groups (broad SMARTS) is 1. The van der Waals surface area contributed by atoms with Gasteiger partial charge < -0.3 is 20.6 Å². The average Bonchev–Trinajstić information content (AvgIpc) is 3.21. The van der Waals surface area contributed by atoms with E-state index in [0.717, 1.165) is 25.7 Å². The van der Waals surface area contributed by atoms with Gasteiger partial charge in [0.15, 0.2) is 0 Å². The lowest BCUT2D eigenvalue weighted by Crippen LogP contribution is -2.62. The van der Waals surface area contributed by atoms with E-state index >= 15 is 0 Å². The summed E-state index contributed by atoms with van der Waals surface area (Å²) in [7, 11) is 1.65. The van der Waals surface area contributed by atoms with Crippen LogP contribution in [0.2, 0.25) is 0 Å². The monoisotopic (exact) mass is 409 g/mol. The SMILES string of the molecule is CCC(CC)(NC(C)C)C(=O)NC(C(=O)N(C)C/C=C(\C)C(=O)O)C1CCCC1. The molecule has 29 heavy (non-hydrogen) atoms. The first-order valence-corrected chi connectivity index (χ1v) is 10.8. The molecule has 0 radical (unpaired) electrons. The summed E-state index contributed by atoms with van der Waals surface area (Å²) in [5.74, 6) is -1.18. The molecule has 0 aromatic carbocycles. The first kappa shape index (κ1) is 25.1. The van der Waals surface area contributed by atoms with Crippen molar-refractivity contribution in [3.8, 4) is 0 Å². The molecule has 0 aliphatic heterocycles. The van der Waals surface area contributed by atoms with Crippen LogP contribution in [0.25, 0.3) is 0 Å². The molecule has 1 aliphatic rings. The molecule has 1 rings (SSSR count). The molecule has 1 unspecified atom stereocenters. The van der Waals surface area contributed by atoms with Gasteiger partial charge in [-0.1, -0.05) is 32.8 Å². The molecule has 0 saturated heterocycles. The second-order valence-electron chi connectivity index (χ2n) is 8.49. The highest BCUT2D eigenvalue weighted by atomic mass is 16.4. The van der Waals surface area contributed by atoms with Crippen molar-refractivity contribution >= 4 is 17.8 Å². The minimum atomic E-state index is -0.998. The van der Waals surface area contributed by atoms with E-state index < -0.39 is 17.6 Å². The minimum absolute atomic E-state index is 0.115. The number of hydrogen-bond donors (Lipinski definition) is 3. The lowest BCUT2D eigenvalue weighted by molar-refractivity contribution is -0.139. The number of carbonyl (C=O) groups excluding carboxylic acids is 2. The molecular weight excluding hydrogens is 370 g/mol. The van der Waals surface area contributed by atoms with Gasteiger partial charge in [-0.15, -0.1) is 0 Å². The summed E-state index contributed by atoms with van der Waals surface area (Å²) in [5, 5.41) is 15.5. The van der Waals surface area contributed by atoms with Crippen LogP contribution in [0.1, 0.15) is 73.1 Å². The summed E-state index contributed by atoms with van der Waals surface area (Å²) in [6, 6.07) is -0.437. The van der Waals surface area contributed by atoms with Crippen molar-refractivity contribution in [1.82, 2.24) is 15.5 Å². The van der Waals surface area contributed by atoms with E-state index in [1.807, 2.05) is 27.7 Å². The van der Waals surface area contributed by atoms with E-state index in [0.29, 0.717) is 12.8 Å². The summed E-state index contributed by atoms with van der Waals surface area (Å²) >= 11 is 0. The quantitative estimate of drug-likeness (QED) is 0.456. The Hall–Kier alpha value is -1.89. The van der Waals surface area contributed by atoms with Crippen LogP contribution >= 0.6 is 0 Å². The smallest absolute Gasteiger partial charge is 0.331 e. The topological polar surface area (TPSA) is 98.7 Å². The summed E-state index contributed by atoms with van der Waals surface area (Å²) in [6.45, 7) is 9.70. The van der Waals surface area contributed by atoms with Gasteiger partial charge in [-0.3, -0.25) is 9.59 Å². The van der Waals surface area contributed by atoms with E-state index in [1.54, 1.807) is 7.05 Å². The Morgan fingerprint density at radius 3 is 2.17 bits per heavy atom. The molecule has 7 nitrogen and oxygen atoms in total. The van der Waals surface area contributed by atoms with Gasteiger partial charge in [0.1, 0.15) is 6.04 Å². The van der Waals surface area contributed by atoms with Gasteiger partial charge in [-0.25, -0.2) is 4.79 Å². The molecule has 0 bridgehead atoms. The number of nitrogens with zero attached hydrogens (tertiary/aromatic N) is 1. The van der Waals surface area contributed by atoms with Crippen molar-refractivity contribution in [2.75, 3.05) is 13.6 Å². The van der Waals surface area contributed by atoms with Crippen LogP contribution in [0.5, 0.6) is 0 Å². The predicted octanol–water partition coefficient (Wildman–Crippen LogP) is 2.71. The van der Waals surface area contributed by atoms with Gasteiger partial charge in [0.05, 0.1) is 5.54 Å². The number of amides is 2. The molecule has 166 valence electrons. The molecule has 1 atom stereocenters. The maximum atomic E-state index is 13.3. The molecule has 0 aromatic heterocycles. The fourth-order valence-electron chi connectivity index (χ4n) is 4.03. The molecular formula is C22H39N3O4. The van der Waals surface area contributed by atoms with Crippen LogP contribution in [-0.4, -0.2) is 59.0 Å². The third kappa shape index (κ3) is 6.84. The zero-order valence-corrected chi connectivity index (χ0v) is 18.9. The fraction of sp³-hybridized carbons (Fsp3) is 0.773. The molecule has 3 N–H and O–H groups in total. The third-order valence-electron chi connectivity index (χ3n) is 6.02. The van der Waals surface area contributed by atoms with E-state index in [-0.39, 0.29) is 35.9 Å². The highest BCUT2D eigenvalue weighted by molar-refractivity contribution is 5.92. The summed E-state index contributed by atoms with van der Waals surface area (Å²) in [5.41, 5.74) is -0.507. The number of hydrogen-bond acceptors (Lipinski definition) is 4. The molecule has 1 saturated carbocycles. The first-order valence-electron chi connectivity index (χ1n) is 10.8. The average molecular weight is 410 g/mol. The van der Waals surface area contributed by atoms with Gasteiger partial charge in [-0.2, -0.15) is 0 Å². The maximum Gasteiger partial charge on any atom is 0.331 e. The molecule has 1 fully saturated rings. The third-order valence-corrected chi connectivity index (χ3v) is 6.02. The number of carbonyl (C=O) groups is 3. The zero-order chi connectivity index (χ0) is 22.2. The summed E-state index contributed by atoms with van der Waals surface area (Å²) in [4.78, 5) is 39.0. The molecule has 7 heteroatoms. The Morgan fingerprint density at radius 2 is 1.72 bits per heavy atom. The number of carboxylic acids is 1. The molecule has 1 aliphatic carbocycles. The highest BCUT2D eigenvalue weighted by Crippen LogP contribution is 2.29. The summed E-state index contributed by atoms with van der Waals surface area (Å²) < 4.78 is 0. The van der Waals surface area contributed by atoms with Gasteiger partial charge in [0.2, 0.25) is 11.8 Å². The van der Waals surface area contributed by atoms with Crippen LogP contribution < -0.4 is 10.6 Å². The highest BCUT2D eigenvalue weighted by Gasteiger charge is 2.40. The second kappa shape index (κ2) is 11.3. The Labute approximate surface area is 175 Å². The fourth-order valence-corrected chi connectivity index (χ4v) is 4.03. The first-order chi connectivity index (χ1) is 13.6. The Bertz CT molecular complexity index is 605. The number of aliphatic carboxylic acids is 1. The molecule has 0 spiro atoms. The van der Waals surface area contributed by atoms with Gasteiger partial charge in [0, 0.05) is 25.2 Å².